The second-order valence-electron chi connectivity index (χ2n) is 3.63. The Labute approximate surface area is 99.8 Å². The van der Waals surface area contributed by atoms with Crippen molar-refractivity contribution in [2.24, 2.45) is 5.73 Å². The second kappa shape index (κ2) is 5.10. The Morgan fingerprint density at radius 2 is 2.13 bits per heavy atom. The van der Waals surface area contributed by atoms with Crippen molar-refractivity contribution >= 4 is 29.1 Å². The monoisotopic (exact) mass is 242 g/mol. The molecule has 2 rings (SSSR count). The molecule has 1 aliphatic rings. The van der Waals surface area contributed by atoms with Gasteiger partial charge in [0, 0.05) is 35.3 Å². The smallest absolute Gasteiger partial charge is 0.0503 e. The van der Waals surface area contributed by atoms with E-state index in [0.29, 0.717) is 6.04 Å². The van der Waals surface area contributed by atoms with E-state index in [0.717, 1.165) is 23.9 Å². The summed E-state index contributed by atoms with van der Waals surface area (Å²) in [6, 6.07) is 8.48. The molecule has 0 aromatic heterocycles. The van der Waals surface area contributed by atoms with Crippen molar-refractivity contribution in [3.63, 3.8) is 0 Å². The Bertz CT molecular complexity index is 315. The van der Waals surface area contributed by atoms with Gasteiger partial charge in [0.05, 0.1) is 6.04 Å². The summed E-state index contributed by atoms with van der Waals surface area (Å²) in [4.78, 5) is 2.38. The predicted octanol–water partition coefficient (Wildman–Crippen LogP) is 2.22. The fraction of sp³-hybridized carbons (Fsp3) is 0.455. The third kappa shape index (κ3) is 2.60. The van der Waals surface area contributed by atoms with E-state index in [1.165, 1.54) is 11.4 Å². The zero-order valence-electron chi connectivity index (χ0n) is 8.53. The van der Waals surface area contributed by atoms with Gasteiger partial charge >= 0.3 is 0 Å². The van der Waals surface area contributed by atoms with Gasteiger partial charge in [0.25, 0.3) is 0 Å². The van der Waals surface area contributed by atoms with Crippen molar-refractivity contribution in [2.45, 2.75) is 6.04 Å². The van der Waals surface area contributed by atoms with Crippen LogP contribution in [0.4, 0.5) is 5.69 Å². The fourth-order valence-corrected chi connectivity index (χ4v) is 3.03. The second-order valence-corrected chi connectivity index (χ2v) is 5.22. The first-order valence-corrected chi connectivity index (χ1v) is 6.64. The molecular formula is C11H15ClN2S. The van der Waals surface area contributed by atoms with Crippen molar-refractivity contribution < 1.29 is 0 Å². The van der Waals surface area contributed by atoms with Crippen LogP contribution in [0.3, 0.4) is 0 Å². The number of halogens is 1. The number of rotatable bonds is 2. The highest BCUT2D eigenvalue weighted by atomic mass is 35.5. The van der Waals surface area contributed by atoms with E-state index in [1.54, 1.807) is 0 Å². The van der Waals surface area contributed by atoms with Crippen molar-refractivity contribution in [3.8, 4) is 0 Å². The molecule has 0 saturated carbocycles. The molecule has 1 heterocycles. The lowest BCUT2D eigenvalue weighted by Crippen LogP contribution is -2.46. The first kappa shape index (κ1) is 11.1. The first-order valence-electron chi connectivity index (χ1n) is 5.11. The highest BCUT2D eigenvalue weighted by molar-refractivity contribution is 7.99. The van der Waals surface area contributed by atoms with Crippen molar-refractivity contribution in [1.82, 2.24) is 0 Å². The maximum Gasteiger partial charge on any atom is 0.0503 e. The molecule has 1 saturated heterocycles. The number of nitrogens with zero attached hydrogens (tertiary/aromatic N) is 1. The molecule has 15 heavy (non-hydrogen) atoms. The van der Waals surface area contributed by atoms with Crippen LogP contribution in [0, 0.1) is 0 Å². The standard InChI is InChI=1S/C11H15ClN2S/c12-9-1-3-10(4-2-9)14-5-6-15-8-11(14)7-13/h1-4,11H,5-8,13H2. The summed E-state index contributed by atoms with van der Waals surface area (Å²) in [5.41, 5.74) is 7.01. The van der Waals surface area contributed by atoms with Gasteiger partial charge in [-0.3, -0.25) is 0 Å². The normalized spacial score (nSPS) is 21.7. The minimum atomic E-state index is 0.463. The van der Waals surface area contributed by atoms with Crippen LogP contribution in [0.2, 0.25) is 5.02 Å². The Hall–Kier alpha value is -0.380. The van der Waals surface area contributed by atoms with Crippen LogP contribution in [-0.2, 0) is 0 Å². The van der Waals surface area contributed by atoms with Gasteiger partial charge in [-0.2, -0.15) is 11.8 Å². The lowest BCUT2D eigenvalue weighted by molar-refractivity contribution is 0.655. The van der Waals surface area contributed by atoms with Crippen LogP contribution in [0.5, 0.6) is 0 Å². The van der Waals surface area contributed by atoms with Gasteiger partial charge in [-0.1, -0.05) is 11.6 Å². The summed E-state index contributed by atoms with van der Waals surface area (Å²) < 4.78 is 0. The van der Waals surface area contributed by atoms with Gasteiger partial charge in [-0.05, 0) is 24.3 Å². The van der Waals surface area contributed by atoms with Gasteiger partial charge in [0.1, 0.15) is 0 Å². The minimum absolute atomic E-state index is 0.463. The molecular weight excluding hydrogens is 228 g/mol. The quantitative estimate of drug-likeness (QED) is 0.863. The lowest BCUT2D eigenvalue weighted by atomic mass is 10.2. The molecule has 1 unspecified atom stereocenters. The molecule has 4 heteroatoms. The summed E-state index contributed by atoms with van der Waals surface area (Å²) >= 11 is 7.85. The van der Waals surface area contributed by atoms with Crippen molar-refractivity contribution in [2.75, 3.05) is 29.5 Å². The first-order chi connectivity index (χ1) is 7.31. The average Bonchev–Trinajstić information content (AvgIpc) is 2.30. The molecule has 82 valence electrons. The Balaban J connectivity index is 2.16. The average molecular weight is 243 g/mol. The molecule has 2 N–H and O–H groups in total. The molecule has 0 bridgehead atoms. The van der Waals surface area contributed by atoms with Crippen LogP contribution in [0.15, 0.2) is 24.3 Å². The molecule has 2 nitrogen and oxygen atoms in total. The molecule has 0 amide bonds. The zero-order chi connectivity index (χ0) is 10.7. The number of thioether (sulfide) groups is 1. The van der Waals surface area contributed by atoms with Crippen LogP contribution < -0.4 is 10.6 Å². The Morgan fingerprint density at radius 1 is 1.40 bits per heavy atom. The van der Waals surface area contributed by atoms with E-state index in [9.17, 15) is 0 Å². The van der Waals surface area contributed by atoms with Crippen molar-refractivity contribution in [1.29, 1.82) is 0 Å². The SMILES string of the molecule is NCC1CSCCN1c1ccc(Cl)cc1. The maximum atomic E-state index is 5.87. The van der Waals surface area contributed by atoms with E-state index in [1.807, 2.05) is 23.9 Å². The molecule has 1 aromatic rings. The number of nitrogens with two attached hydrogens (primary N) is 1. The summed E-state index contributed by atoms with van der Waals surface area (Å²) in [7, 11) is 0. The molecule has 0 radical (unpaired) electrons. The molecule has 1 fully saturated rings. The fourth-order valence-electron chi connectivity index (χ4n) is 1.82. The van der Waals surface area contributed by atoms with Gasteiger partial charge in [0.2, 0.25) is 0 Å². The molecule has 1 atom stereocenters. The van der Waals surface area contributed by atoms with E-state index in [4.69, 9.17) is 17.3 Å². The van der Waals surface area contributed by atoms with Gasteiger partial charge in [0.15, 0.2) is 0 Å². The number of hydrogen-bond acceptors (Lipinski definition) is 3. The van der Waals surface area contributed by atoms with Crippen LogP contribution in [-0.4, -0.2) is 30.6 Å². The largest absolute Gasteiger partial charge is 0.366 e. The van der Waals surface area contributed by atoms with E-state index < -0.39 is 0 Å². The van der Waals surface area contributed by atoms with Crippen LogP contribution in [0.1, 0.15) is 0 Å². The third-order valence-electron chi connectivity index (χ3n) is 2.66. The van der Waals surface area contributed by atoms with E-state index in [-0.39, 0.29) is 0 Å². The van der Waals surface area contributed by atoms with Gasteiger partial charge in [-0.25, -0.2) is 0 Å². The zero-order valence-corrected chi connectivity index (χ0v) is 10.1. The van der Waals surface area contributed by atoms with Crippen molar-refractivity contribution in [3.05, 3.63) is 29.3 Å². The predicted molar refractivity (Wildman–Crippen MR) is 69.0 cm³/mol. The summed E-state index contributed by atoms with van der Waals surface area (Å²) in [6.07, 6.45) is 0. The minimum Gasteiger partial charge on any atom is -0.366 e. The highest BCUT2D eigenvalue weighted by Crippen LogP contribution is 2.24. The molecule has 1 aromatic carbocycles. The number of benzene rings is 1. The van der Waals surface area contributed by atoms with Gasteiger partial charge in [-0.15, -0.1) is 0 Å². The summed E-state index contributed by atoms with van der Waals surface area (Å²) in [6.45, 7) is 1.80. The summed E-state index contributed by atoms with van der Waals surface area (Å²) in [5, 5.41) is 0.787. The van der Waals surface area contributed by atoms with E-state index >= 15 is 0 Å². The number of hydrogen-bond donors (Lipinski definition) is 1. The van der Waals surface area contributed by atoms with Crippen LogP contribution in [0.25, 0.3) is 0 Å². The molecule has 0 spiro atoms. The lowest BCUT2D eigenvalue weighted by Gasteiger charge is -2.36. The number of anilines is 1. The molecule has 0 aliphatic carbocycles. The highest BCUT2D eigenvalue weighted by Gasteiger charge is 2.21. The Kier molecular flexibility index (Phi) is 3.78. The topological polar surface area (TPSA) is 29.3 Å². The summed E-state index contributed by atoms with van der Waals surface area (Å²) in [5.74, 6) is 2.30. The van der Waals surface area contributed by atoms with Crippen LogP contribution >= 0.6 is 23.4 Å². The van der Waals surface area contributed by atoms with Gasteiger partial charge < -0.3 is 10.6 Å². The maximum absolute atomic E-state index is 5.87. The Morgan fingerprint density at radius 3 is 2.80 bits per heavy atom. The van der Waals surface area contributed by atoms with E-state index in [2.05, 4.69) is 17.0 Å². The molecule has 1 aliphatic heterocycles. The third-order valence-corrected chi connectivity index (χ3v) is 4.00.